The first-order valence-corrected chi connectivity index (χ1v) is 8.93. The molecule has 112 valence electrons. The lowest BCUT2D eigenvalue weighted by atomic mass is 9.71. The highest BCUT2D eigenvalue weighted by atomic mass is 32.2. The van der Waals surface area contributed by atoms with E-state index in [2.05, 4.69) is 6.92 Å². The van der Waals surface area contributed by atoms with E-state index in [0.29, 0.717) is 5.56 Å². The molecule has 0 radical (unpaired) electrons. The van der Waals surface area contributed by atoms with Gasteiger partial charge in [-0.15, -0.1) is 0 Å². The number of phenolic OH excluding ortho intramolecular Hbond substituents is 1. The Morgan fingerprint density at radius 2 is 1.85 bits per heavy atom. The van der Waals surface area contributed by atoms with Gasteiger partial charge in [-0.2, -0.15) is 0 Å². The van der Waals surface area contributed by atoms with Crippen molar-refractivity contribution in [2.24, 2.45) is 5.73 Å². The summed E-state index contributed by atoms with van der Waals surface area (Å²) in [5, 5.41) is 10.1. The third-order valence-corrected chi connectivity index (χ3v) is 5.54. The van der Waals surface area contributed by atoms with Gasteiger partial charge in [0.15, 0.2) is 9.84 Å². The number of rotatable bonds is 3. The van der Waals surface area contributed by atoms with Crippen LogP contribution in [0.1, 0.15) is 50.2 Å². The van der Waals surface area contributed by atoms with Crippen molar-refractivity contribution in [2.75, 3.05) is 6.26 Å². The first-order chi connectivity index (χ1) is 9.28. The number of hydrogen-bond acceptors (Lipinski definition) is 4. The van der Waals surface area contributed by atoms with Crippen molar-refractivity contribution in [3.8, 4) is 5.75 Å². The second-order valence-corrected chi connectivity index (χ2v) is 8.06. The molecule has 4 nitrogen and oxygen atoms in total. The first-order valence-electron chi connectivity index (χ1n) is 7.04. The molecule has 1 aromatic rings. The summed E-state index contributed by atoms with van der Waals surface area (Å²) in [6, 6.07) is 3.50. The first kappa shape index (κ1) is 15.3. The molecule has 1 aliphatic carbocycles. The normalized spacial score (nSPS) is 18.9. The van der Waals surface area contributed by atoms with Crippen LogP contribution in [0.2, 0.25) is 0 Å². The highest BCUT2D eigenvalue weighted by Crippen LogP contribution is 2.42. The van der Waals surface area contributed by atoms with Gasteiger partial charge in [-0.1, -0.05) is 32.3 Å². The van der Waals surface area contributed by atoms with Crippen LogP contribution in [0.5, 0.6) is 5.75 Å². The van der Waals surface area contributed by atoms with Crippen molar-refractivity contribution < 1.29 is 13.5 Å². The van der Waals surface area contributed by atoms with Gasteiger partial charge in [0.2, 0.25) is 0 Å². The van der Waals surface area contributed by atoms with Crippen LogP contribution in [0.3, 0.4) is 0 Å². The van der Waals surface area contributed by atoms with E-state index >= 15 is 0 Å². The average molecular weight is 297 g/mol. The molecule has 0 aromatic heterocycles. The summed E-state index contributed by atoms with van der Waals surface area (Å²) in [5.41, 5.74) is 7.12. The maximum absolute atomic E-state index is 11.9. The molecule has 1 aromatic carbocycles. The fourth-order valence-electron chi connectivity index (χ4n) is 3.07. The molecule has 0 saturated heterocycles. The van der Waals surface area contributed by atoms with Crippen molar-refractivity contribution in [2.45, 2.75) is 55.9 Å². The Kier molecular flexibility index (Phi) is 4.12. The molecule has 3 N–H and O–H groups in total. The van der Waals surface area contributed by atoms with Gasteiger partial charge in [0.1, 0.15) is 10.6 Å². The molecule has 0 spiro atoms. The second-order valence-electron chi connectivity index (χ2n) is 6.08. The van der Waals surface area contributed by atoms with Crippen molar-refractivity contribution in [3.05, 3.63) is 23.3 Å². The number of sulfone groups is 1. The summed E-state index contributed by atoms with van der Waals surface area (Å²) in [4.78, 5) is 0.00208. The Morgan fingerprint density at radius 1 is 1.25 bits per heavy atom. The number of nitrogens with two attached hydrogens (primary N) is 1. The maximum atomic E-state index is 11.9. The largest absolute Gasteiger partial charge is 0.506 e. The Morgan fingerprint density at radius 3 is 2.35 bits per heavy atom. The summed E-state index contributed by atoms with van der Waals surface area (Å²) < 4.78 is 23.7. The predicted octanol–water partition coefficient (Wildman–Crippen LogP) is 2.48. The monoisotopic (exact) mass is 297 g/mol. The molecular formula is C15H23NO3S. The highest BCUT2D eigenvalue weighted by Gasteiger charge is 2.31. The molecule has 1 fully saturated rings. The molecule has 20 heavy (non-hydrogen) atoms. The van der Waals surface area contributed by atoms with E-state index in [1.165, 1.54) is 6.42 Å². The summed E-state index contributed by atoms with van der Waals surface area (Å²) in [5.74, 6) is -0.196. The van der Waals surface area contributed by atoms with E-state index < -0.39 is 9.84 Å². The van der Waals surface area contributed by atoms with Gasteiger partial charge in [0.05, 0.1) is 0 Å². The van der Waals surface area contributed by atoms with Crippen LogP contribution in [0, 0.1) is 0 Å². The smallest absolute Gasteiger partial charge is 0.179 e. The van der Waals surface area contributed by atoms with Crippen molar-refractivity contribution in [3.63, 3.8) is 0 Å². The maximum Gasteiger partial charge on any atom is 0.179 e. The highest BCUT2D eigenvalue weighted by molar-refractivity contribution is 7.90. The van der Waals surface area contributed by atoms with Crippen LogP contribution < -0.4 is 5.73 Å². The topological polar surface area (TPSA) is 80.4 Å². The van der Waals surface area contributed by atoms with E-state index in [0.717, 1.165) is 37.5 Å². The van der Waals surface area contributed by atoms with Crippen molar-refractivity contribution >= 4 is 9.84 Å². The Labute approximate surface area is 120 Å². The fourth-order valence-corrected chi connectivity index (χ4v) is 3.90. The van der Waals surface area contributed by atoms with Crippen LogP contribution in [0.4, 0.5) is 0 Å². The molecule has 0 aliphatic heterocycles. The summed E-state index contributed by atoms with van der Waals surface area (Å²) in [7, 11) is -3.46. The van der Waals surface area contributed by atoms with Gasteiger partial charge in [-0.25, -0.2) is 8.42 Å². The second kappa shape index (κ2) is 5.37. The zero-order chi connectivity index (χ0) is 15.0. The van der Waals surface area contributed by atoms with Crippen molar-refractivity contribution in [1.82, 2.24) is 0 Å². The molecule has 1 aliphatic rings. The Balaban J connectivity index is 2.60. The molecule has 5 heteroatoms. The molecule has 0 atom stereocenters. The van der Waals surface area contributed by atoms with E-state index in [1.54, 1.807) is 6.07 Å². The lowest BCUT2D eigenvalue weighted by Gasteiger charge is -2.35. The minimum atomic E-state index is -3.46. The third kappa shape index (κ3) is 2.83. The number of aromatic hydroxyl groups is 1. The van der Waals surface area contributed by atoms with Gasteiger partial charge >= 0.3 is 0 Å². The van der Waals surface area contributed by atoms with Crippen LogP contribution >= 0.6 is 0 Å². The Bertz CT molecular complexity index is 602. The fraction of sp³-hybridized carbons (Fsp3) is 0.600. The number of hydrogen-bond donors (Lipinski definition) is 2. The van der Waals surface area contributed by atoms with Crippen LogP contribution in [0.25, 0.3) is 0 Å². The Hall–Kier alpha value is -1.07. The average Bonchev–Trinajstić information content (AvgIpc) is 2.38. The molecule has 0 amide bonds. The van der Waals surface area contributed by atoms with Crippen LogP contribution in [-0.4, -0.2) is 19.8 Å². The third-order valence-electron chi connectivity index (χ3n) is 4.43. The predicted molar refractivity (Wildman–Crippen MR) is 79.5 cm³/mol. The van der Waals surface area contributed by atoms with E-state index in [9.17, 15) is 13.5 Å². The molecule has 1 saturated carbocycles. The zero-order valence-corrected chi connectivity index (χ0v) is 13.0. The van der Waals surface area contributed by atoms with Gasteiger partial charge in [0, 0.05) is 18.4 Å². The lowest BCUT2D eigenvalue weighted by Crippen LogP contribution is -2.25. The lowest BCUT2D eigenvalue weighted by molar-refractivity contribution is 0.318. The molecule has 0 unspecified atom stereocenters. The van der Waals surface area contributed by atoms with Gasteiger partial charge in [0.25, 0.3) is 0 Å². The quantitative estimate of drug-likeness (QED) is 0.898. The van der Waals surface area contributed by atoms with Crippen LogP contribution in [-0.2, 0) is 21.8 Å². The molecular weight excluding hydrogens is 274 g/mol. The van der Waals surface area contributed by atoms with E-state index in [1.807, 2.05) is 6.07 Å². The minimum Gasteiger partial charge on any atom is -0.506 e. The summed E-state index contributed by atoms with van der Waals surface area (Å²) >= 11 is 0. The number of phenols is 1. The zero-order valence-electron chi connectivity index (χ0n) is 12.1. The van der Waals surface area contributed by atoms with Crippen LogP contribution in [0.15, 0.2) is 17.0 Å². The standard InChI is InChI=1S/C15H23NO3S/c1-15(6-4-3-5-7-15)12-8-11(10-16)14(17)13(9-12)20(2,18)19/h8-9,17H,3-7,10,16H2,1-2H3. The molecule has 0 bridgehead atoms. The van der Waals surface area contributed by atoms with Gasteiger partial charge in [-0.05, 0) is 29.9 Å². The molecule has 0 heterocycles. The SMILES string of the molecule is CC1(c2cc(CN)c(O)c(S(C)(=O)=O)c2)CCCCC1. The van der Waals surface area contributed by atoms with Gasteiger partial charge < -0.3 is 10.8 Å². The van der Waals surface area contributed by atoms with Gasteiger partial charge in [-0.3, -0.25) is 0 Å². The van der Waals surface area contributed by atoms with E-state index in [4.69, 9.17) is 5.73 Å². The molecule has 2 rings (SSSR count). The summed E-state index contributed by atoms with van der Waals surface area (Å²) in [6.45, 7) is 2.31. The number of benzene rings is 1. The van der Waals surface area contributed by atoms with E-state index in [-0.39, 0.29) is 22.6 Å². The van der Waals surface area contributed by atoms with Crippen molar-refractivity contribution in [1.29, 1.82) is 0 Å². The summed E-state index contributed by atoms with van der Waals surface area (Å²) in [6.07, 6.45) is 6.76. The minimum absolute atomic E-state index is 0.00208.